The van der Waals surface area contributed by atoms with Crippen molar-refractivity contribution in [1.29, 1.82) is 0 Å². The van der Waals surface area contributed by atoms with Gasteiger partial charge in [-0.25, -0.2) is 8.78 Å². The van der Waals surface area contributed by atoms with Gasteiger partial charge in [0.1, 0.15) is 6.10 Å². The lowest BCUT2D eigenvalue weighted by Gasteiger charge is -2.38. The molecular weight excluding hydrogens is 438 g/mol. The Labute approximate surface area is 202 Å². The van der Waals surface area contributed by atoms with Gasteiger partial charge < -0.3 is 14.2 Å². The average Bonchev–Trinajstić information content (AvgIpc) is 2.87. The van der Waals surface area contributed by atoms with E-state index in [0.29, 0.717) is 12.0 Å². The van der Waals surface area contributed by atoms with Crippen molar-refractivity contribution in [1.82, 2.24) is 0 Å². The molecule has 1 aliphatic heterocycles. The van der Waals surface area contributed by atoms with Crippen LogP contribution < -0.4 is 4.74 Å². The number of benzene rings is 1. The van der Waals surface area contributed by atoms with E-state index in [1.54, 1.807) is 6.07 Å². The predicted octanol–water partition coefficient (Wildman–Crippen LogP) is 7.10. The third-order valence-electron chi connectivity index (χ3n) is 8.33. The van der Waals surface area contributed by atoms with Crippen LogP contribution in [0.5, 0.6) is 5.75 Å². The number of ether oxygens (including phenoxy) is 3. The molecule has 0 radical (unpaired) electrons. The van der Waals surface area contributed by atoms with Crippen LogP contribution in [-0.2, 0) is 14.3 Å². The molecule has 6 heteroatoms. The molecule has 2 aliphatic carbocycles. The number of carbonyl (C=O) groups is 1. The summed E-state index contributed by atoms with van der Waals surface area (Å²) in [6.07, 6.45) is 12.6. The van der Waals surface area contributed by atoms with Crippen LogP contribution in [0.3, 0.4) is 0 Å². The minimum atomic E-state index is -1.04. The van der Waals surface area contributed by atoms with Gasteiger partial charge in [-0.3, -0.25) is 4.79 Å². The highest BCUT2D eigenvalue weighted by atomic mass is 19.1. The summed E-state index contributed by atoms with van der Waals surface area (Å²) in [6, 6.07) is 4.73. The monoisotopic (exact) mass is 478 g/mol. The van der Waals surface area contributed by atoms with Gasteiger partial charge in [-0.05, 0) is 106 Å². The van der Waals surface area contributed by atoms with Crippen molar-refractivity contribution in [2.45, 2.75) is 102 Å². The van der Waals surface area contributed by atoms with E-state index < -0.39 is 12.7 Å². The quantitative estimate of drug-likeness (QED) is 0.374. The van der Waals surface area contributed by atoms with Gasteiger partial charge in [-0.15, -0.1) is 0 Å². The average molecular weight is 479 g/mol. The molecule has 4 nitrogen and oxygen atoms in total. The molecule has 1 aromatic rings. The molecule has 0 aromatic heterocycles. The van der Waals surface area contributed by atoms with E-state index in [9.17, 15) is 13.6 Å². The summed E-state index contributed by atoms with van der Waals surface area (Å²) >= 11 is 0. The van der Waals surface area contributed by atoms with Gasteiger partial charge in [-0.1, -0.05) is 19.4 Å². The van der Waals surface area contributed by atoms with Gasteiger partial charge in [0.15, 0.2) is 11.6 Å². The highest BCUT2D eigenvalue weighted by Gasteiger charge is 2.34. The second-order valence-electron chi connectivity index (χ2n) is 10.6. The van der Waals surface area contributed by atoms with E-state index in [-0.39, 0.29) is 29.7 Å². The number of rotatable bonds is 8. The van der Waals surface area contributed by atoms with Gasteiger partial charge >= 0.3 is 5.97 Å². The zero-order valence-electron chi connectivity index (χ0n) is 20.5. The smallest absolute Gasteiger partial charge is 0.309 e. The number of alkyl halides is 1. The third kappa shape index (κ3) is 6.50. The minimum absolute atomic E-state index is 0.0371. The molecule has 0 spiro atoms. The number of hydrogen-bond donors (Lipinski definition) is 0. The standard InChI is InChI=1S/C28H40F2O4/c1-2-3-19-4-14-26(32-17-19)21-9-12-24(13-10-21)34-28(31)22-7-5-20(6-8-22)23-11-15-27(33-18-29)25(30)16-23/h11,15-16,19-22,24,26H,2-10,12-14,17-18H2,1H3. The van der Waals surface area contributed by atoms with Crippen molar-refractivity contribution in [2.24, 2.45) is 17.8 Å². The van der Waals surface area contributed by atoms with Crippen molar-refractivity contribution >= 4 is 5.97 Å². The molecule has 0 N–H and O–H groups in total. The fourth-order valence-corrected chi connectivity index (χ4v) is 6.28. The number of halogens is 2. The molecule has 190 valence electrons. The van der Waals surface area contributed by atoms with E-state index in [0.717, 1.165) is 69.5 Å². The molecular formula is C28H40F2O4. The normalized spacial score (nSPS) is 32.2. The zero-order chi connectivity index (χ0) is 23.9. The van der Waals surface area contributed by atoms with Crippen LogP contribution >= 0.6 is 0 Å². The molecule has 1 aromatic carbocycles. The first-order valence-corrected chi connectivity index (χ1v) is 13.4. The van der Waals surface area contributed by atoms with Crippen molar-refractivity contribution in [3.63, 3.8) is 0 Å². The Morgan fingerprint density at radius 2 is 1.79 bits per heavy atom. The Bertz CT molecular complexity index is 777. The van der Waals surface area contributed by atoms with Crippen LogP contribution in [0.25, 0.3) is 0 Å². The van der Waals surface area contributed by atoms with E-state index in [2.05, 4.69) is 11.7 Å². The Balaban J connectivity index is 1.17. The molecule has 3 fully saturated rings. The van der Waals surface area contributed by atoms with Crippen molar-refractivity contribution in [3.05, 3.63) is 29.6 Å². The maximum absolute atomic E-state index is 14.1. The second-order valence-corrected chi connectivity index (χ2v) is 10.6. The zero-order valence-corrected chi connectivity index (χ0v) is 20.5. The first-order chi connectivity index (χ1) is 16.6. The summed E-state index contributed by atoms with van der Waals surface area (Å²) in [5, 5.41) is 0. The highest BCUT2D eigenvalue weighted by Crippen LogP contribution is 2.39. The SMILES string of the molecule is CCCC1CCC(C2CCC(OC(=O)C3CCC(c4ccc(OCF)c(F)c4)CC3)CC2)OC1. The maximum atomic E-state index is 14.1. The van der Waals surface area contributed by atoms with Gasteiger partial charge in [0, 0.05) is 6.61 Å². The van der Waals surface area contributed by atoms with Crippen LogP contribution in [0.4, 0.5) is 8.78 Å². The Morgan fingerprint density at radius 1 is 1.03 bits per heavy atom. The molecule has 34 heavy (non-hydrogen) atoms. The topological polar surface area (TPSA) is 44.8 Å². The summed E-state index contributed by atoms with van der Waals surface area (Å²) in [7, 11) is 0. The molecule has 2 unspecified atom stereocenters. The Kier molecular flexibility index (Phi) is 9.21. The fourth-order valence-electron chi connectivity index (χ4n) is 6.28. The van der Waals surface area contributed by atoms with E-state index >= 15 is 0 Å². The van der Waals surface area contributed by atoms with Crippen molar-refractivity contribution < 1.29 is 27.8 Å². The summed E-state index contributed by atoms with van der Waals surface area (Å²) in [6.45, 7) is 2.12. The van der Waals surface area contributed by atoms with E-state index in [1.165, 1.54) is 37.8 Å². The summed E-state index contributed by atoms with van der Waals surface area (Å²) in [5.41, 5.74) is 0.889. The summed E-state index contributed by atoms with van der Waals surface area (Å²) in [4.78, 5) is 12.8. The number of esters is 1. The van der Waals surface area contributed by atoms with Crippen molar-refractivity contribution in [3.8, 4) is 5.75 Å². The summed E-state index contributed by atoms with van der Waals surface area (Å²) < 4.78 is 43.2. The van der Waals surface area contributed by atoms with E-state index in [4.69, 9.17) is 9.47 Å². The fraction of sp³-hybridized carbons (Fsp3) is 0.750. The molecule has 2 atom stereocenters. The van der Waals surface area contributed by atoms with Crippen molar-refractivity contribution in [2.75, 3.05) is 13.5 Å². The van der Waals surface area contributed by atoms with Crippen LogP contribution in [0.1, 0.15) is 95.5 Å². The second kappa shape index (κ2) is 12.3. The molecule has 0 bridgehead atoms. The lowest BCUT2D eigenvalue weighted by Crippen LogP contribution is -2.36. The Morgan fingerprint density at radius 3 is 2.41 bits per heavy atom. The first-order valence-electron chi connectivity index (χ1n) is 13.4. The van der Waals surface area contributed by atoms with Crippen LogP contribution in [0, 0.1) is 23.6 Å². The van der Waals surface area contributed by atoms with Gasteiger partial charge in [0.25, 0.3) is 0 Å². The minimum Gasteiger partial charge on any atom is -0.462 e. The third-order valence-corrected chi connectivity index (χ3v) is 8.33. The highest BCUT2D eigenvalue weighted by molar-refractivity contribution is 5.72. The van der Waals surface area contributed by atoms with Gasteiger partial charge in [-0.2, -0.15) is 0 Å². The lowest BCUT2D eigenvalue weighted by molar-refractivity contribution is -0.158. The largest absolute Gasteiger partial charge is 0.462 e. The van der Waals surface area contributed by atoms with Crippen LogP contribution in [0.15, 0.2) is 18.2 Å². The lowest BCUT2D eigenvalue weighted by atomic mass is 9.78. The molecule has 4 rings (SSSR count). The van der Waals surface area contributed by atoms with Crippen LogP contribution in [0.2, 0.25) is 0 Å². The molecule has 2 saturated carbocycles. The molecule has 0 amide bonds. The summed E-state index contributed by atoms with van der Waals surface area (Å²) in [5.74, 6) is 0.834. The molecule has 1 saturated heterocycles. The van der Waals surface area contributed by atoms with Gasteiger partial charge in [0.05, 0.1) is 12.0 Å². The predicted molar refractivity (Wildman–Crippen MR) is 127 cm³/mol. The maximum Gasteiger partial charge on any atom is 0.309 e. The first kappa shape index (κ1) is 25.4. The molecule has 3 aliphatic rings. The molecule has 1 heterocycles. The van der Waals surface area contributed by atoms with E-state index in [1.807, 2.05) is 0 Å². The number of hydrogen-bond acceptors (Lipinski definition) is 4. The Hall–Kier alpha value is -1.69. The number of carbonyl (C=O) groups excluding carboxylic acids is 1. The van der Waals surface area contributed by atoms with Gasteiger partial charge in [0.2, 0.25) is 6.86 Å². The van der Waals surface area contributed by atoms with Crippen LogP contribution in [-0.4, -0.2) is 31.6 Å².